The minimum absolute atomic E-state index is 0.0411. The summed E-state index contributed by atoms with van der Waals surface area (Å²) in [5.74, 6) is 0. The average molecular weight is 400 g/mol. The Morgan fingerprint density at radius 3 is 2.67 bits per heavy atom. The van der Waals surface area contributed by atoms with Crippen molar-refractivity contribution in [2.75, 3.05) is 25.5 Å². The van der Waals surface area contributed by atoms with Crippen molar-refractivity contribution in [3.05, 3.63) is 21.6 Å². The lowest BCUT2D eigenvalue weighted by molar-refractivity contribution is 0.130. The number of ether oxygens (including phenoxy) is 1. The number of nitrogens with one attached hydrogen (secondary N) is 1. The maximum absolute atomic E-state index is 12.2. The summed E-state index contributed by atoms with van der Waals surface area (Å²) in [6, 6.07) is 2.86. The topological polar surface area (TPSA) is 81.4 Å². The Hall–Kier alpha value is -0.340. The van der Waals surface area contributed by atoms with Gasteiger partial charge in [-0.25, -0.2) is 13.1 Å². The summed E-state index contributed by atoms with van der Waals surface area (Å²) in [6.07, 6.45) is 2.70. The van der Waals surface area contributed by atoms with Crippen LogP contribution in [0, 0.1) is 0 Å². The van der Waals surface area contributed by atoms with Gasteiger partial charge in [-0.15, -0.1) is 0 Å². The lowest BCUT2D eigenvalue weighted by Gasteiger charge is -2.11. The van der Waals surface area contributed by atoms with Gasteiger partial charge < -0.3 is 10.5 Å². The second-order valence-corrected chi connectivity index (χ2v) is 7.49. The van der Waals surface area contributed by atoms with E-state index in [1.165, 1.54) is 12.1 Å². The predicted molar refractivity (Wildman–Crippen MR) is 89.1 cm³/mol. The molecule has 0 aliphatic rings. The van der Waals surface area contributed by atoms with E-state index in [2.05, 4.69) is 27.6 Å². The van der Waals surface area contributed by atoms with Crippen LogP contribution in [-0.2, 0) is 14.8 Å². The van der Waals surface area contributed by atoms with Gasteiger partial charge in [0.25, 0.3) is 0 Å². The van der Waals surface area contributed by atoms with Gasteiger partial charge in [-0.05, 0) is 40.9 Å². The summed E-state index contributed by atoms with van der Waals surface area (Å²) in [4.78, 5) is 0.0411. The zero-order valence-electron chi connectivity index (χ0n) is 11.9. The van der Waals surface area contributed by atoms with Crippen molar-refractivity contribution >= 4 is 43.2 Å². The van der Waals surface area contributed by atoms with Crippen LogP contribution in [0.25, 0.3) is 0 Å². The standard InChI is InChI=1S/C13H20BrClN2O3S/c1-2-3-6-20-7-4-5-17-21(18,19)12-9-10(15)8-11(16)13(12)14/h8-9,17H,2-7,16H2,1H3. The second kappa shape index (κ2) is 8.95. The first-order valence-corrected chi connectivity index (χ1v) is 9.36. The normalized spacial score (nSPS) is 11.8. The molecule has 0 saturated heterocycles. The Morgan fingerprint density at radius 1 is 1.33 bits per heavy atom. The molecule has 5 nitrogen and oxygen atoms in total. The molecular formula is C13H20BrClN2O3S. The number of anilines is 1. The van der Waals surface area contributed by atoms with Crippen molar-refractivity contribution in [3.63, 3.8) is 0 Å². The van der Waals surface area contributed by atoms with Crippen molar-refractivity contribution in [1.82, 2.24) is 4.72 Å². The third kappa shape index (κ3) is 6.12. The van der Waals surface area contributed by atoms with Crippen molar-refractivity contribution in [3.8, 4) is 0 Å². The van der Waals surface area contributed by atoms with Crippen LogP contribution < -0.4 is 10.5 Å². The van der Waals surface area contributed by atoms with Crippen LogP contribution in [0.15, 0.2) is 21.5 Å². The van der Waals surface area contributed by atoms with E-state index < -0.39 is 10.0 Å². The van der Waals surface area contributed by atoms with Crippen LogP contribution in [0.4, 0.5) is 5.69 Å². The molecule has 1 aromatic carbocycles. The van der Waals surface area contributed by atoms with Gasteiger partial charge in [0, 0.05) is 30.5 Å². The van der Waals surface area contributed by atoms with E-state index >= 15 is 0 Å². The van der Waals surface area contributed by atoms with E-state index in [9.17, 15) is 8.42 Å². The zero-order chi connectivity index (χ0) is 15.9. The Balaban J connectivity index is 2.55. The van der Waals surface area contributed by atoms with Crippen LogP contribution in [0.3, 0.4) is 0 Å². The first-order valence-electron chi connectivity index (χ1n) is 6.70. The molecule has 8 heteroatoms. The number of halogens is 2. The first-order chi connectivity index (χ1) is 9.88. The zero-order valence-corrected chi connectivity index (χ0v) is 15.0. The van der Waals surface area contributed by atoms with Crippen molar-refractivity contribution in [2.45, 2.75) is 31.1 Å². The number of hydrogen-bond donors (Lipinski definition) is 2. The summed E-state index contributed by atoms with van der Waals surface area (Å²) in [6.45, 7) is 3.63. The fourth-order valence-corrected chi connectivity index (χ4v) is 3.95. The van der Waals surface area contributed by atoms with Gasteiger partial charge in [0.05, 0.1) is 9.37 Å². The van der Waals surface area contributed by atoms with Crippen LogP contribution in [0.2, 0.25) is 5.02 Å². The lowest BCUT2D eigenvalue weighted by Crippen LogP contribution is -2.26. The molecule has 3 N–H and O–H groups in total. The largest absolute Gasteiger partial charge is 0.398 e. The monoisotopic (exact) mass is 398 g/mol. The summed E-state index contributed by atoms with van der Waals surface area (Å²) in [5.41, 5.74) is 5.98. The number of hydrogen-bond acceptors (Lipinski definition) is 4. The molecule has 0 fully saturated rings. The van der Waals surface area contributed by atoms with E-state index in [1.54, 1.807) is 0 Å². The van der Waals surface area contributed by atoms with Gasteiger partial charge in [-0.2, -0.15) is 0 Å². The lowest BCUT2D eigenvalue weighted by atomic mass is 10.3. The highest BCUT2D eigenvalue weighted by Gasteiger charge is 2.19. The molecule has 21 heavy (non-hydrogen) atoms. The summed E-state index contributed by atoms with van der Waals surface area (Å²) >= 11 is 9.02. The van der Waals surface area contributed by atoms with E-state index in [-0.39, 0.29) is 15.6 Å². The Labute approximate surface area is 139 Å². The molecule has 0 atom stereocenters. The van der Waals surface area contributed by atoms with Gasteiger partial charge in [0.1, 0.15) is 0 Å². The highest BCUT2D eigenvalue weighted by molar-refractivity contribution is 9.10. The van der Waals surface area contributed by atoms with Crippen LogP contribution in [0.1, 0.15) is 26.2 Å². The van der Waals surface area contributed by atoms with Gasteiger partial charge in [-0.3, -0.25) is 0 Å². The molecule has 0 aliphatic carbocycles. The van der Waals surface area contributed by atoms with E-state index in [1.807, 2.05) is 0 Å². The van der Waals surface area contributed by atoms with E-state index in [0.29, 0.717) is 30.7 Å². The number of rotatable bonds is 9. The van der Waals surface area contributed by atoms with Crippen molar-refractivity contribution in [1.29, 1.82) is 0 Å². The average Bonchev–Trinajstić information content (AvgIpc) is 2.41. The Morgan fingerprint density at radius 2 is 2.00 bits per heavy atom. The Bertz CT molecular complexity index is 567. The molecule has 1 aromatic rings. The predicted octanol–water partition coefficient (Wildman–Crippen LogP) is 3.17. The molecule has 0 amide bonds. The summed E-state index contributed by atoms with van der Waals surface area (Å²) < 4.78 is 32.6. The maximum Gasteiger partial charge on any atom is 0.241 e. The molecular weight excluding hydrogens is 380 g/mol. The molecule has 0 saturated carbocycles. The molecule has 0 bridgehead atoms. The third-order valence-electron chi connectivity index (χ3n) is 2.72. The molecule has 0 radical (unpaired) electrons. The fourth-order valence-electron chi connectivity index (χ4n) is 1.59. The van der Waals surface area contributed by atoms with Crippen molar-refractivity contribution in [2.24, 2.45) is 0 Å². The highest BCUT2D eigenvalue weighted by atomic mass is 79.9. The molecule has 0 aromatic heterocycles. The summed E-state index contributed by atoms with van der Waals surface area (Å²) in [7, 11) is -3.65. The first kappa shape index (κ1) is 18.7. The van der Waals surface area contributed by atoms with Crippen LogP contribution >= 0.6 is 27.5 Å². The Kier molecular flexibility index (Phi) is 7.97. The molecule has 0 aliphatic heterocycles. The molecule has 1 rings (SSSR count). The second-order valence-electron chi connectivity index (χ2n) is 4.52. The maximum atomic E-state index is 12.2. The molecule has 0 unspecified atom stereocenters. The van der Waals surface area contributed by atoms with Gasteiger partial charge in [0.15, 0.2) is 0 Å². The summed E-state index contributed by atoms with van der Waals surface area (Å²) in [5, 5.41) is 0.277. The third-order valence-corrected chi connectivity index (χ3v) is 5.57. The highest BCUT2D eigenvalue weighted by Crippen LogP contribution is 2.31. The number of unbranched alkanes of at least 4 members (excludes halogenated alkanes) is 1. The van der Waals surface area contributed by atoms with E-state index in [4.69, 9.17) is 22.1 Å². The quantitative estimate of drug-likeness (QED) is 0.493. The number of benzene rings is 1. The van der Waals surface area contributed by atoms with Crippen molar-refractivity contribution < 1.29 is 13.2 Å². The number of sulfonamides is 1. The van der Waals surface area contributed by atoms with Crippen LogP contribution in [-0.4, -0.2) is 28.2 Å². The van der Waals surface area contributed by atoms with Crippen LogP contribution in [0.5, 0.6) is 0 Å². The van der Waals surface area contributed by atoms with Gasteiger partial charge in [0.2, 0.25) is 10.0 Å². The fraction of sp³-hybridized carbons (Fsp3) is 0.538. The number of nitrogen functional groups attached to an aromatic ring is 1. The van der Waals surface area contributed by atoms with Gasteiger partial charge in [-0.1, -0.05) is 24.9 Å². The molecule has 120 valence electrons. The smallest absolute Gasteiger partial charge is 0.241 e. The SMILES string of the molecule is CCCCOCCCNS(=O)(=O)c1cc(Cl)cc(N)c1Br. The van der Waals surface area contributed by atoms with E-state index in [0.717, 1.165) is 12.8 Å². The minimum Gasteiger partial charge on any atom is -0.398 e. The van der Waals surface area contributed by atoms with Gasteiger partial charge >= 0.3 is 0 Å². The number of nitrogens with two attached hydrogens (primary N) is 1. The minimum atomic E-state index is -3.65. The molecule has 0 spiro atoms. The molecule has 0 heterocycles.